The lowest BCUT2D eigenvalue weighted by atomic mass is 10.2. The molecule has 0 heterocycles. The Bertz CT molecular complexity index is 664. The molecule has 2 rings (SSSR count). The van der Waals surface area contributed by atoms with E-state index >= 15 is 0 Å². The fourth-order valence-electron chi connectivity index (χ4n) is 1.79. The Kier molecular flexibility index (Phi) is 6.15. The second-order valence-electron chi connectivity index (χ2n) is 4.66. The van der Waals surface area contributed by atoms with E-state index in [0.29, 0.717) is 0 Å². The van der Waals surface area contributed by atoms with Gasteiger partial charge >= 0.3 is 0 Å². The van der Waals surface area contributed by atoms with Crippen molar-refractivity contribution in [2.24, 2.45) is 5.10 Å². The van der Waals surface area contributed by atoms with Crippen molar-refractivity contribution in [1.29, 1.82) is 0 Å². The molecule has 22 heavy (non-hydrogen) atoms. The van der Waals surface area contributed by atoms with E-state index in [1.165, 1.54) is 0 Å². The average Bonchev–Trinajstić information content (AvgIpc) is 2.47. The fraction of sp³-hybridized carbons (Fsp3) is 0.125. The lowest BCUT2D eigenvalue weighted by Crippen LogP contribution is -2.26. The monoisotopic (exact) mass is 423 g/mol. The summed E-state index contributed by atoms with van der Waals surface area (Å²) >= 11 is 6.95. The molecule has 0 radical (unpaired) electrons. The highest BCUT2D eigenvalue weighted by molar-refractivity contribution is 9.11. The van der Waals surface area contributed by atoms with Crippen LogP contribution in [0, 0.1) is 6.92 Å². The quantitative estimate of drug-likeness (QED) is 0.561. The third kappa shape index (κ3) is 4.96. The standard InChI is InChI=1S/C16H15Br2N3O/c1-11-7-13(17)16(14(18)8-11)19-10-15(22)21-20-9-12-5-3-2-4-6-12/h2-9,19H,10H2,1H3,(H,21,22). The van der Waals surface area contributed by atoms with Crippen LogP contribution >= 0.6 is 31.9 Å². The van der Waals surface area contributed by atoms with Gasteiger partial charge in [0, 0.05) is 8.95 Å². The van der Waals surface area contributed by atoms with Crippen molar-refractivity contribution in [1.82, 2.24) is 5.43 Å². The first kappa shape index (κ1) is 16.7. The minimum Gasteiger partial charge on any atom is -0.374 e. The van der Waals surface area contributed by atoms with Crippen LogP contribution < -0.4 is 10.7 Å². The third-order valence-corrected chi connectivity index (χ3v) is 4.07. The van der Waals surface area contributed by atoms with Gasteiger partial charge in [-0.05, 0) is 62.0 Å². The molecule has 6 heteroatoms. The minimum atomic E-state index is -0.216. The van der Waals surface area contributed by atoms with Gasteiger partial charge in [0.05, 0.1) is 18.4 Å². The van der Waals surface area contributed by atoms with Crippen molar-refractivity contribution in [2.45, 2.75) is 6.92 Å². The highest BCUT2D eigenvalue weighted by atomic mass is 79.9. The molecule has 0 atom stereocenters. The summed E-state index contributed by atoms with van der Waals surface area (Å²) in [6, 6.07) is 13.5. The zero-order chi connectivity index (χ0) is 15.9. The molecule has 2 N–H and O–H groups in total. The Labute approximate surface area is 146 Å². The van der Waals surface area contributed by atoms with E-state index in [1.807, 2.05) is 49.4 Å². The fourth-order valence-corrected chi connectivity index (χ4v) is 3.49. The number of nitrogens with zero attached hydrogens (tertiary/aromatic N) is 1. The van der Waals surface area contributed by atoms with E-state index in [9.17, 15) is 4.79 Å². The Morgan fingerprint density at radius 1 is 1.18 bits per heavy atom. The first-order chi connectivity index (χ1) is 10.6. The molecule has 4 nitrogen and oxygen atoms in total. The maximum absolute atomic E-state index is 11.8. The highest BCUT2D eigenvalue weighted by Crippen LogP contribution is 2.31. The van der Waals surface area contributed by atoms with Crippen LogP contribution in [0.15, 0.2) is 56.5 Å². The number of halogens is 2. The van der Waals surface area contributed by atoms with Crippen LogP contribution in [-0.4, -0.2) is 18.7 Å². The summed E-state index contributed by atoms with van der Waals surface area (Å²) in [6.07, 6.45) is 1.61. The molecule has 0 aromatic heterocycles. The largest absolute Gasteiger partial charge is 0.374 e. The summed E-state index contributed by atoms with van der Waals surface area (Å²) in [5.74, 6) is -0.216. The van der Waals surface area contributed by atoms with Gasteiger partial charge in [-0.1, -0.05) is 30.3 Å². The molecular formula is C16H15Br2N3O. The molecule has 2 aromatic carbocycles. The smallest absolute Gasteiger partial charge is 0.259 e. The Balaban J connectivity index is 1.87. The number of hydrogen-bond acceptors (Lipinski definition) is 3. The molecule has 0 aliphatic carbocycles. The number of aryl methyl sites for hydroxylation is 1. The number of hydrogen-bond donors (Lipinski definition) is 2. The van der Waals surface area contributed by atoms with E-state index in [1.54, 1.807) is 6.21 Å². The van der Waals surface area contributed by atoms with Gasteiger partial charge in [0.1, 0.15) is 0 Å². The molecule has 0 aliphatic rings. The lowest BCUT2D eigenvalue weighted by molar-refractivity contribution is -0.119. The van der Waals surface area contributed by atoms with Crippen LogP contribution in [0.3, 0.4) is 0 Å². The molecule has 0 fully saturated rings. The maximum Gasteiger partial charge on any atom is 0.259 e. The van der Waals surface area contributed by atoms with Gasteiger partial charge in [-0.25, -0.2) is 5.43 Å². The topological polar surface area (TPSA) is 53.5 Å². The molecule has 0 bridgehead atoms. The van der Waals surface area contributed by atoms with Gasteiger partial charge in [0.25, 0.3) is 5.91 Å². The summed E-state index contributed by atoms with van der Waals surface area (Å²) in [5, 5.41) is 7.00. The molecule has 114 valence electrons. The first-order valence-electron chi connectivity index (χ1n) is 6.63. The molecular weight excluding hydrogens is 410 g/mol. The minimum absolute atomic E-state index is 0.131. The summed E-state index contributed by atoms with van der Waals surface area (Å²) in [4.78, 5) is 11.8. The number of carbonyl (C=O) groups is 1. The number of benzene rings is 2. The predicted octanol–water partition coefficient (Wildman–Crippen LogP) is 4.08. The van der Waals surface area contributed by atoms with Gasteiger partial charge in [-0.15, -0.1) is 0 Å². The van der Waals surface area contributed by atoms with Crippen LogP contribution in [0.5, 0.6) is 0 Å². The molecule has 0 saturated heterocycles. The summed E-state index contributed by atoms with van der Waals surface area (Å²) < 4.78 is 1.81. The second-order valence-corrected chi connectivity index (χ2v) is 6.37. The molecule has 0 spiro atoms. The van der Waals surface area contributed by atoms with Crippen LogP contribution in [0.25, 0.3) is 0 Å². The van der Waals surface area contributed by atoms with Crippen molar-refractivity contribution < 1.29 is 4.79 Å². The van der Waals surface area contributed by atoms with E-state index in [4.69, 9.17) is 0 Å². The van der Waals surface area contributed by atoms with Crippen molar-refractivity contribution in [3.8, 4) is 0 Å². The van der Waals surface area contributed by atoms with E-state index in [-0.39, 0.29) is 12.5 Å². The van der Waals surface area contributed by atoms with Gasteiger partial charge in [-0.2, -0.15) is 5.10 Å². The number of carbonyl (C=O) groups excluding carboxylic acids is 1. The van der Waals surface area contributed by atoms with Gasteiger partial charge in [0.2, 0.25) is 0 Å². The van der Waals surface area contributed by atoms with Crippen LogP contribution in [-0.2, 0) is 4.79 Å². The van der Waals surface area contributed by atoms with Gasteiger partial charge in [-0.3, -0.25) is 4.79 Å². The zero-order valence-corrected chi connectivity index (χ0v) is 15.1. The summed E-state index contributed by atoms with van der Waals surface area (Å²) in [5.41, 5.74) is 5.39. The number of nitrogens with one attached hydrogen (secondary N) is 2. The molecule has 0 aliphatic heterocycles. The van der Waals surface area contributed by atoms with Crippen LogP contribution in [0.2, 0.25) is 0 Å². The van der Waals surface area contributed by atoms with Crippen LogP contribution in [0.4, 0.5) is 5.69 Å². The zero-order valence-electron chi connectivity index (χ0n) is 11.9. The maximum atomic E-state index is 11.8. The van der Waals surface area contributed by atoms with Crippen molar-refractivity contribution in [2.75, 3.05) is 11.9 Å². The highest BCUT2D eigenvalue weighted by Gasteiger charge is 2.07. The normalized spacial score (nSPS) is 10.7. The van der Waals surface area contributed by atoms with Crippen molar-refractivity contribution in [3.63, 3.8) is 0 Å². The van der Waals surface area contributed by atoms with Gasteiger partial charge in [0.15, 0.2) is 0 Å². The SMILES string of the molecule is Cc1cc(Br)c(NCC(=O)NN=Cc2ccccc2)c(Br)c1. The number of amides is 1. The lowest BCUT2D eigenvalue weighted by Gasteiger charge is -2.11. The van der Waals surface area contributed by atoms with Crippen molar-refractivity contribution >= 4 is 49.7 Å². The van der Waals surface area contributed by atoms with Crippen LogP contribution in [0.1, 0.15) is 11.1 Å². The Hall–Kier alpha value is -1.66. The predicted molar refractivity (Wildman–Crippen MR) is 97.2 cm³/mol. The average molecular weight is 425 g/mol. The number of hydrazone groups is 1. The van der Waals surface area contributed by atoms with E-state index in [2.05, 4.69) is 47.7 Å². The molecule has 0 unspecified atom stereocenters. The van der Waals surface area contributed by atoms with E-state index in [0.717, 1.165) is 25.8 Å². The number of anilines is 1. The van der Waals surface area contributed by atoms with Crippen molar-refractivity contribution in [3.05, 3.63) is 62.5 Å². The summed E-state index contributed by atoms with van der Waals surface area (Å²) in [6.45, 7) is 2.14. The Morgan fingerprint density at radius 3 is 2.45 bits per heavy atom. The second kappa shape index (κ2) is 8.10. The first-order valence-corrected chi connectivity index (χ1v) is 8.21. The molecule has 2 aromatic rings. The summed E-state index contributed by atoms with van der Waals surface area (Å²) in [7, 11) is 0. The van der Waals surface area contributed by atoms with E-state index < -0.39 is 0 Å². The Morgan fingerprint density at radius 2 is 1.82 bits per heavy atom. The molecule has 1 amide bonds. The number of rotatable bonds is 5. The van der Waals surface area contributed by atoms with Gasteiger partial charge < -0.3 is 5.32 Å². The molecule has 0 saturated carbocycles. The third-order valence-electron chi connectivity index (χ3n) is 2.81.